The lowest BCUT2D eigenvalue weighted by molar-refractivity contribution is 0.0526. The Morgan fingerprint density at radius 3 is 2.68 bits per heavy atom. The second-order valence-corrected chi connectivity index (χ2v) is 4.25. The van der Waals surface area contributed by atoms with Gasteiger partial charge in [-0.2, -0.15) is 0 Å². The quantitative estimate of drug-likeness (QED) is 0.803. The second-order valence-electron chi connectivity index (χ2n) is 3.55. The number of aromatic nitrogens is 1. The van der Waals surface area contributed by atoms with Crippen molar-refractivity contribution in [1.82, 2.24) is 4.37 Å². The summed E-state index contributed by atoms with van der Waals surface area (Å²) in [5, 5.41) is 0. The van der Waals surface area contributed by atoms with Crippen LogP contribution < -0.4 is 4.94 Å². The highest BCUT2D eigenvalue weighted by molar-refractivity contribution is 7.02. The summed E-state index contributed by atoms with van der Waals surface area (Å²) in [6, 6.07) is 6.89. The van der Waals surface area contributed by atoms with Gasteiger partial charge in [-0.1, -0.05) is 12.1 Å². The Morgan fingerprint density at radius 1 is 1.37 bits per heavy atom. The first-order valence-corrected chi connectivity index (χ1v) is 6.38. The molecule has 0 bridgehead atoms. The van der Waals surface area contributed by atoms with Crippen LogP contribution in [0.15, 0.2) is 33.5 Å². The molecule has 0 aliphatic rings. The average Bonchev–Trinajstić information content (AvgIpc) is 2.83. The number of carbonyl (C=O) groups is 1. The molecule has 1 aromatic heterocycles. The number of esters is 1. The predicted octanol–water partition coefficient (Wildman–Crippen LogP) is 2.44. The Bertz CT molecular complexity index is 639. The maximum absolute atomic E-state index is 11.4. The minimum absolute atomic E-state index is 0.268. The number of ether oxygens (including phenoxy) is 1. The highest BCUT2D eigenvalue weighted by Crippen LogP contribution is 2.09. The van der Waals surface area contributed by atoms with Crippen LogP contribution in [0, 0.1) is 0 Å². The van der Waals surface area contributed by atoms with Crippen molar-refractivity contribution in [3.8, 4) is 0 Å². The van der Waals surface area contributed by atoms with Crippen molar-refractivity contribution in [2.75, 3.05) is 6.61 Å². The summed E-state index contributed by atoms with van der Waals surface area (Å²) in [5.74, 6) is -0.0759. The Morgan fingerprint density at radius 2 is 2.11 bits per heavy atom. The normalized spacial score (nSPS) is 10.8. The topological polar surface area (TPSA) is 69.4 Å². The molecule has 0 N–H and O–H groups in total. The number of benzene rings is 1. The molecule has 0 spiro atoms. The van der Waals surface area contributed by atoms with Crippen LogP contribution in [0.25, 0.3) is 12.2 Å². The van der Waals surface area contributed by atoms with Crippen molar-refractivity contribution in [1.29, 1.82) is 0 Å². The van der Waals surface area contributed by atoms with E-state index in [0.717, 1.165) is 17.1 Å². The standard InChI is InChI=1S/C13H11NO4S/c1-2-17-12(15)10-6-3-9(4-7-10)5-8-11-14-19-13(16)18-11/h3-8H,2H2,1H3/b8-5+. The Balaban J connectivity index is 2.08. The van der Waals surface area contributed by atoms with Crippen molar-refractivity contribution in [3.63, 3.8) is 0 Å². The second kappa shape index (κ2) is 6.10. The smallest absolute Gasteiger partial charge is 0.414 e. The van der Waals surface area contributed by atoms with Crippen molar-refractivity contribution in [3.05, 3.63) is 51.0 Å². The van der Waals surface area contributed by atoms with Gasteiger partial charge in [0.15, 0.2) is 0 Å². The van der Waals surface area contributed by atoms with E-state index in [9.17, 15) is 9.59 Å². The van der Waals surface area contributed by atoms with Crippen molar-refractivity contribution in [2.45, 2.75) is 6.92 Å². The van der Waals surface area contributed by atoms with Crippen LogP contribution in [0.4, 0.5) is 0 Å². The molecular weight excluding hydrogens is 266 g/mol. The zero-order valence-electron chi connectivity index (χ0n) is 10.2. The fourth-order valence-corrected chi connectivity index (χ4v) is 1.77. The molecule has 0 fully saturated rings. The Kier molecular flexibility index (Phi) is 4.25. The summed E-state index contributed by atoms with van der Waals surface area (Å²) in [6.45, 7) is 2.11. The maximum atomic E-state index is 11.4. The van der Waals surface area contributed by atoms with E-state index in [1.54, 1.807) is 43.3 Å². The third kappa shape index (κ3) is 3.62. The summed E-state index contributed by atoms with van der Waals surface area (Å²) < 4.78 is 13.5. The molecule has 2 rings (SSSR count). The number of hydrogen-bond acceptors (Lipinski definition) is 6. The summed E-state index contributed by atoms with van der Waals surface area (Å²) in [5.41, 5.74) is 1.36. The summed E-state index contributed by atoms with van der Waals surface area (Å²) in [6.07, 6.45) is 3.34. The molecule has 1 heterocycles. The van der Waals surface area contributed by atoms with E-state index in [1.807, 2.05) is 0 Å². The molecule has 19 heavy (non-hydrogen) atoms. The molecular formula is C13H11NO4S. The first kappa shape index (κ1) is 13.2. The van der Waals surface area contributed by atoms with Crippen molar-refractivity contribution in [2.24, 2.45) is 0 Å². The summed E-state index contributed by atoms with van der Waals surface area (Å²) in [4.78, 5) is 21.8. The van der Waals surface area contributed by atoms with E-state index in [0.29, 0.717) is 12.2 Å². The third-order valence-electron chi connectivity index (χ3n) is 2.24. The predicted molar refractivity (Wildman–Crippen MR) is 72.0 cm³/mol. The van der Waals surface area contributed by atoms with Gasteiger partial charge >= 0.3 is 10.9 Å². The zero-order valence-corrected chi connectivity index (χ0v) is 11.0. The molecule has 0 unspecified atom stereocenters. The zero-order chi connectivity index (χ0) is 13.7. The van der Waals surface area contributed by atoms with Gasteiger partial charge in [-0.3, -0.25) is 0 Å². The monoisotopic (exact) mass is 277 g/mol. The lowest BCUT2D eigenvalue weighted by Crippen LogP contribution is -2.03. The molecule has 0 saturated carbocycles. The van der Waals surface area contributed by atoms with Gasteiger partial charge in [0.25, 0.3) is 0 Å². The molecule has 98 valence electrons. The van der Waals surface area contributed by atoms with Gasteiger partial charge in [0, 0.05) is 6.08 Å². The molecule has 1 aromatic carbocycles. The number of nitrogens with zero attached hydrogens (tertiary/aromatic N) is 1. The van der Waals surface area contributed by atoms with E-state index >= 15 is 0 Å². The van der Waals surface area contributed by atoms with Crippen LogP contribution in [-0.4, -0.2) is 16.9 Å². The lowest BCUT2D eigenvalue weighted by Gasteiger charge is -2.01. The molecule has 0 radical (unpaired) electrons. The van der Waals surface area contributed by atoms with Crippen LogP contribution in [0.5, 0.6) is 0 Å². The van der Waals surface area contributed by atoms with Crippen LogP contribution in [0.3, 0.4) is 0 Å². The van der Waals surface area contributed by atoms with Gasteiger partial charge in [0.2, 0.25) is 5.89 Å². The van der Waals surface area contributed by atoms with Crippen molar-refractivity contribution >= 4 is 29.7 Å². The van der Waals surface area contributed by atoms with E-state index in [4.69, 9.17) is 9.15 Å². The molecule has 5 nitrogen and oxygen atoms in total. The Hall–Kier alpha value is -2.21. The van der Waals surface area contributed by atoms with Crippen LogP contribution in [0.1, 0.15) is 28.7 Å². The molecule has 0 aliphatic heterocycles. The first-order chi connectivity index (χ1) is 9.19. The van der Waals surface area contributed by atoms with Gasteiger partial charge in [-0.25, -0.2) is 9.59 Å². The SMILES string of the molecule is CCOC(=O)c1ccc(/C=C/c2nsc(=O)o2)cc1. The first-order valence-electron chi connectivity index (χ1n) is 5.61. The fourth-order valence-electron chi connectivity index (χ4n) is 1.38. The van der Waals surface area contributed by atoms with E-state index in [1.165, 1.54) is 0 Å². The van der Waals surface area contributed by atoms with E-state index < -0.39 is 4.94 Å². The average molecular weight is 277 g/mol. The molecule has 0 amide bonds. The van der Waals surface area contributed by atoms with E-state index in [2.05, 4.69) is 4.37 Å². The van der Waals surface area contributed by atoms with Gasteiger partial charge in [0.05, 0.1) is 23.7 Å². The molecule has 2 aromatic rings. The molecule has 0 aliphatic carbocycles. The Labute approximate surface area is 113 Å². The molecule has 0 saturated heterocycles. The van der Waals surface area contributed by atoms with Crippen molar-refractivity contribution < 1.29 is 13.9 Å². The van der Waals surface area contributed by atoms with Crippen LogP contribution >= 0.6 is 11.5 Å². The minimum atomic E-state index is -0.433. The number of rotatable bonds is 4. The molecule has 6 heteroatoms. The maximum Gasteiger partial charge on any atom is 0.414 e. The number of carbonyl (C=O) groups excluding carboxylic acids is 1. The summed E-state index contributed by atoms with van der Waals surface area (Å²) >= 11 is 0.767. The van der Waals surface area contributed by atoms with Gasteiger partial charge in [-0.05, 0) is 30.7 Å². The lowest BCUT2D eigenvalue weighted by atomic mass is 10.1. The van der Waals surface area contributed by atoms with Crippen LogP contribution in [-0.2, 0) is 4.74 Å². The van der Waals surface area contributed by atoms with E-state index in [-0.39, 0.29) is 11.9 Å². The highest BCUT2D eigenvalue weighted by atomic mass is 32.1. The summed E-state index contributed by atoms with van der Waals surface area (Å²) in [7, 11) is 0. The minimum Gasteiger partial charge on any atom is -0.462 e. The third-order valence-corrected chi connectivity index (χ3v) is 2.74. The van der Waals surface area contributed by atoms with Crippen LogP contribution in [0.2, 0.25) is 0 Å². The highest BCUT2D eigenvalue weighted by Gasteiger charge is 2.04. The van der Waals surface area contributed by atoms with Gasteiger partial charge in [-0.15, -0.1) is 4.37 Å². The fraction of sp³-hybridized carbons (Fsp3) is 0.154. The molecule has 0 atom stereocenters. The number of hydrogen-bond donors (Lipinski definition) is 0. The largest absolute Gasteiger partial charge is 0.462 e. The van der Waals surface area contributed by atoms with Gasteiger partial charge < -0.3 is 9.15 Å². The van der Waals surface area contributed by atoms with Gasteiger partial charge in [0.1, 0.15) is 0 Å².